The van der Waals surface area contributed by atoms with Crippen LogP contribution in [0.1, 0.15) is 19.4 Å². The van der Waals surface area contributed by atoms with Gasteiger partial charge in [0, 0.05) is 11.4 Å². The fraction of sp³-hybridized carbons (Fsp3) is 0.462. The van der Waals surface area contributed by atoms with Crippen molar-refractivity contribution in [2.75, 3.05) is 11.1 Å². The molecule has 1 unspecified atom stereocenters. The Balaban J connectivity index is 2.60. The zero-order valence-corrected chi connectivity index (χ0v) is 11.3. The zero-order valence-electron chi connectivity index (χ0n) is 10.4. The van der Waals surface area contributed by atoms with Gasteiger partial charge in [0.25, 0.3) is 0 Å². The molecule has 0 radical (unpaired) electrons. The highest BCUT2D eigenvalue weighted by atomic mass is 32.2. The number of aliphatic carboxylic acids is 1. The zero-order chi connectivity index (χ0) is 12.8. The summed E-state index contributed by atoms with van der Waals surface area (Å²) >= 11 is 1.65. The summed E-state index contributed by atoms with van der Waals surface area (Å²) in [5.74, 6) is -0.236. The van der Waals surface area contributed by atoms with Crippen LogP contribution in [0.15, 0.2) is 24.3 Å². The van der Waals surface area contributed by atoms with Crippen molar-refractivity contribution >= 4 is 23.4 Å². The van der Waals surface area contributed by atoms with Crippen molar-refractivity contribution in [1.82, 2.24) is 0 Å². The highest BCUT2D eigenvalue weighted by molar-refractivity contribution is 7.99. The molecule has 0 aliphatic heterocycles. The second-order valence-electron chi connectivity index (χ2n) is 4.28. The van der Waals surface area contributed by atoms with Crippen LogP contribution in [0.5, 0.6) is 0 Å². The van der Waals surface area contributed by atoms with Gasteiger partial charge in [0.1, 0.15) is 6.04 Å². The molecule has 0 saturated carbocycles. The average Bonchev–Trinajstić information content (AvgIpc) is 2.26. The third-order valence-corrected chi connectivity index (χ3v) is 3.48. The highest BCUT2D eigenvalue weighted by Gasteiger charge is 2.17. The number of nitrogens with one attached hydrogen (secondary N) is 1. The lowest BCUT2D eigenvalue weighted by atomic mass is 10.2. The molecule has 1 aromatic rings. The molecule has 2 N–H and O–H groups in total. The maximum absolute atomic E-state index is 11.1. The molecule has 0 aliphatic carbocycles. The summed E-state index contributed by atoms with van der Waals surface area (Å²) < 4.78 is 0. The van der Waals surface area contributed by atoms with E-state index in [0.29, 0.717) is 11.0 Å². The number of rotatable bonds is 6. The van der Waals surface area contributed by atoms with Crippen LogP contribution in [-0.4, -0.2) is 28.1 Å². The Morgan fingerprint density at radius 2 is 1.94 bits per heavy atom. The van der Waals surface area contributed by atoms with Gasteiger partial charge in [0.2, 0.25) is 0 Å². The van der Waals surface area contributed by atoms with Crippen LogP contribution in [0, 0.1) is 6.92 Å². The van der Waals surface area contributed by atoms with E-state index in [1.54, 1.807) is 11.8 Å². The van der Waals surface area contributed by atoms with E-state index in [2.05, 4.69) is 19.2 Å². The molecule has 1 aromatic carbocycles. The summed E-state index contributed by atoms with van der Waals surface area (Å²) in [6.07, 6.45) is 0. The number of carboxylic acid groups (broad SMARTS) is 1. The van der Waals surface area contributed by atoms with Gasteiger partial charge in [-0.05, 0) is 24.3 Å². The van der Waals surface area contributed by atoms with E-state index >= 15 is 0 Å². The van der Waals surface area contributed by atoms with Gasteiger partial charge in [-0.25, -0.2) is 4.79 Å². The summed E-state index contributed by atoms with van der Waals surface area (Å²) in [5.41, 5.74) is 2.02. The quantitative estimate of drug-likeness (QED) is 0.818. The molecule has 4 heteroatoms. The van der Waals surface area contributed by atoms with Crippen molar-refractivity contribution in [2.24, 2.45) is 0 Å². The Kier molecular flexibility index (Phi) is 5.35. The number of carboxylic acids is 1. The first-order valence-electron chi connectivity index (χ1n) is 5.66. The largest absolute Gasteiger partial charge is 0.480 e. The van der Waals surface area contributed by atoms with Crippen LogP contribution in [0.3, 0.4) is 0 Å². The van der Waals surface area contributed by atoms with Gasteiger partial charge in [-0.1, -0.05) is 31.5 Å². The van der Waals surface area contributed by atoms with Crippen molar-refractivity contribution < 1.29 is 9.90 Å². The third-order valence-electron chi connectivity index (χ3n) is 2.29. The lowest BCUT2D eigenvalue weighted by Gasteiger charge is -2.16. The van der Waals surface area contributed by atoms with Crippen LogP contribution >= 0.6 is 11.8 Å². The summed E-state index contributed by atoms with van der Waals surface area (Å²) in [7, 11) is 0. The number of anilines is 1. The normalized spacial score (nSPS) is 12.5. The molecule has 1 rings (SSSR count). The average molecular weight is 253 g/mol. The Morgan fingerprint density at radius 1 is 1.35 bits per heavy atom. The maximum atomic E-state index is 11.1. The van der Waals surface area contributed by atoms with Crippen molar-refractivity contribution in [3.05, 3.63) is 29.8 Å². The third kappa shape index (κ3) is 5.13. The molecule has 0 bridgehead atoms. The molecule has 0 aliphatic rings. The molecule has 0 spiro atoms. The van der Waals surface area contributed by atoms with Gasteiger partial charge >= 0.3 is 5.97 Å². The lowest BCUT2D eigenvalue weighted by Crippen LogP contribution is -2.32. The van der Waals surface area contributed by atoms with Gasteiger partial charge in [-0.2, -0.15) is 11.8 Å². The van der Waals surface area contributed by atoms with Crippen molar-refractivity contribution in [3.8, 4) is 0 Å². The van der Waals surface area contributed by atoms with E-state index in [9.17, 15) is 4.79 Å². The fourth-order valence-corrected chi connectivity index (χ4v) is 2.12. The van der Waals surface area contributed by atoms with Crippen LogP contribution in [-0.2, 0) is 4.79 Å². The number of hydrogen-bond donors (Lipinski definition) is 2. The van der Waals surface area contributed by atoms with E-state index in [4.69, 9.17) is 5.11 Å². The first-order chi connectivity index (χ1) is 7.99. The number of carbonyl (C=O) groups is 1. The van der Waals surface area contributed by atoms with Gasteiger partial charge in [0.15, 0.2) is 0 Å². The predicted molar refractivity (Wildman–Crippen MR) is 73.8 cm³/mol. The SMILES string of the molecule is Cc1ccc(NC(CSC(C)C)C(=O)O)cc1. The number of aryl methyl sites for hydroxylation is 1. The Hall–Kier alpha value is -1.16. The van der Waals surface area contributed by atoms with E-state index < -0.39 is 12.0 Å². The predicted octanol–water partition coefficient (Wildman–Crippen LogP) is 3.00. The molecule has 17 heavy (non-hydrogen) atoms. The fourth-order valence-electron chi connectivity index (χ4n) is 1.31. The van der Waals surface area contributed by atoms with Gasteiger partial charge in [0.05, 0.1) is 0 Å². The highest BCUT2D eigenvalue weighted by Crippen LogP contribution is 2.15. The molecule has 0 heterocycles. The second kappa shape index (κ2) is 6.55. The monoisotopic (exact) mass is 253 g/mol. The summed E-state index contributed by atoms with van der Waals surface area (Å²) in [6.45, 7) is 6.14. The van der Waals surface area contributed by atoms with Crippen LogP contribution in [0.2, 0.25) is 0 Å². The smallest absolute Gasteiger partial charge is 0.326 e. The Bertz CT molecular complexity index is 362. The minimum Gasteiger partial charge on any atom is -0.480 e. The van der Waals surface area contributed by atoms with Crippen LogP contribution in [0.4, 0.5) is 5.69 Å². The molecule has 0 saturated heterocycles. The molecule has 1 atom stereocenters. The van der Waals surface area contributed by atoms with Crippen molar-refractivity contribution in [3.63, 3.8) is 0 Å². The molecule has 0 fully saturated rings. The summed E-state index contributed by atoms with van der Waals surface area (Å²) in [5, 5.41) is 12.6. The Morgan fingerprint density at radius 3 is 2.41 bits per heavy atom. The molecular weight excluding hydrogens is 234 g/mol. The number of benzene rings is 1. The topological polar surface area (TPSA) is 49.3 Å². The minimum absolute atomic E-state index is 0.441. The van der Waals surface area contributed by atoms with Gasteiger partial charge in [-0.3, -0.25) is 0 Å². The van der Waals surface area contributed by atoms with E-state index in [0.717, 1.165) is 5.69 Å². The molecule has 0 aromatic heterocycles. The standard InChI is InChI=1S/C13H19NO2S/c1-9(2)17-8-12(13(15)16)14-11-6-4-10(3)5-7-11/h4-7,9,12,14H,8H2,1-3H3,(H,15,16). The van der Waals surface area contributed by atoms with E-state index in [-0.39, 0.29) is 0 Å². The maximum Gasteiger partial charge on any atom is 0.326 e. The molecule has 3 nitrogen and oxygen atoms in total. The number of hydrogen-bond acceptors (Lipinski definition) is 3. The van der Waals surface area contributed by atoms with Crippen LogP contribution in [0.25, 0.3) is 0 Å². The molecule has 94 valence electrons. The Labute approximate surface area is 107 Å². The summed E-state index contributed by atoms with van der Waals surface area (Å²) in [6, 6.07) is 7.22. The summed E-state index contributed by atoms with van der Waals surface area (Å²) in [4.78, 5) is 11.1. The van der Waals surface area contributed by atoms with Crippen molar-refractivity contribution in [2.45, 2.75) is 32.1 Å². The first-order valence-corrected chi connectivity index (χ1v) is 6.71. The lowest BCUT2D eigenvalue weighted by molar-refractivity contribution is -0.137. The van der Waals surface area contributed by atoms with Gasteiger partial charge in [-0.15, -0.1) is 0 Å². The van der Waals surface area contributed by atoms with E-state index in [1.165, 1.54) is 5.56 Å². The second-order valence-corrected chi connectivity index (χ2v) is 5.89. The van der Waals surface area contributed by atoms with E-state index in [1.807, 2.05) is 31.2 Å². The first kappa shape index (κ1) is 13.9. The van der Waals surface area contributed by atoms with Gasteiger partial charge < -0.3 is 10.4 Å². The molecule has 0 amide bonds. The minimum atomic E-state index is -0.807. The van der Waals surface area contributed by atoms with Crippen LogP contribution < -0.4 is 5.32 Å². The number of thioether (sulfide) groups is 1. The molecular formula is C13H19NO2S. The van der Waals surface area contributed by atoms with Crippen molar-refractivity contribution in [1.29, 1.82) is 0 Å².